The Morgan fingerprint density at radius 3 is 2.39 bits per heavy atom. The van der Waals surface area contributed by atoms with Gasteiger partial charge in [0.05, 0.1) is 15.2 Å². The molecule has 0 fully saturated rings. The van der Waals surface area contributed by atoms with Crippen molar-refractivity contribution in [3.05, 3.63) is 27.7 Å². The van der Waals surface area contributed by atoms with Gasteiger partial charge in [-0.05, 0) is 69.6 Å². The SMILES string of the molecule is CC(C)(C)OC(=O)N(CCNc1cccc(Cl)c1Br)C(C)(C)C. The fourth-order valence-electron chi connectivity index (χ4n) is 1.96. The van der Waals surface area contributed by atoms with Crippen LogP contribution in [0.25, 0.3) is 0 Å². The average Bonchev–Trinajstić information content (AvgIpc) is 2.35. The van der Waals surface area contributed by atoms with Crippen LogP contribution >= 0.6 is 27.5 Å². The fourth-order valence-corrected chi connectivity index (χ4v) is 2.54. The zero-order chi connectivity index (χ0) is 17.8. The molecule has 0 aliphatic heterocycles. The van der Waals surface area contributed by atoms with Crippen LogP contribution in [0.1, 0.15) is 41.5 Å². The molecule has 1 N–H and O–H groups in total. The van der Waals surface area contributed by atoms with Gasteiger partial charge in [0.15, 0.2) is 0 Å². The van der Waals surface area contributed by atoms with Gasteiger partial charge in [-0.3, -0.25) is 0 Å². The van der Waals surface area contributed by atoms with Gasteiger partial charge in [-0.15, -0.1) is 0 Å². The van der Waals surface area contributed by atoms with Crippen LogP contribution in [0.4, 0.5) is 10.5 Å². The predicted octanol–water partition coefficient (Wildman–Crippen LogP) is 5.55. The quantitative estimate of drug-likeness (QED) is 0.714. The molecule has 1 aromatic carbocycles. The van der Waals surface area contributed by atoms with E-state index >= 15 is 0 Å². The van der Waals surface area contributed by atoms with Gasteiger partial charge in [0.1, 0.15) is 5.60 Å². The summed E-state index contributed by atoms with van der Waals surface area (Å²) in [6.45, 7) is 12.7. The standard InChI is InChI=1S/C17H26BrClN2O2/c1-16(2,3)21(15(22)23-17(4,5)6)11-10-20-13-9-7-8-12(19)14(13)18/h7-9,20H,10-11H2,1-6H3. The van der Waals surface area contributed by atoms with Gasteiger partial charge in [-0.25, -0.2) is 4.79 Å². The van der Waals surface area contributed by atoms with Crippen molar-refractivity contribution in [2.75, 3.05) is 18.4 Å². The molecular weight excluding hydrogens is 380 g/mol. The van der Waals surface area contributed by atoms with Crippen molar-refractivity contribution >= 4 is 39.3 Å². The summed E-state index contributed by atoms with van der Waals surface area (Å²) < 4.78 is 6.32. The van der Waals surface area contributed by atoms with Crippen LogP contribution in [0, 0.1) is 0 Å². The van der Waals surface area contributed by atoms with E-state index in [1.54, 1.807) is 4.90 Å². The molecule has 0 unspecified atom stereocenters. The molecule has 0 spiro atoms. The third-order valence-electron chi connectivity index (χ3n) is 3.03. The largest absolute Gasteiger partial charge is 0.444 e. The first kappa shape index (κ1) is 20.1. The highest BCUT2D eigenvalue weighted by atomic mass is 79.9. The number of nitrogens with zero attached hydrogens (tertiary/aromatic N) is 1. The molecule has 130 valence electrons. The van der Waals surface area contributed by atoms with E-state index in [9.17, 15) is 4.79 Å². The predicted molar refractivity (Wildman–Crippen MR) is 100 cm³/mol. The number of halogens is 2. The summed E-state index contributed by atoms with van der Waals surface area (Å²) in [5.74, 6) is 0. The first-order valence-electron chi connectivity index (χ1n) is 7.60. The maximum absolute atomic E-state index is 12.4. The van der Waals surface area contributed by atoms with E-state index in [1.807, 2.05) is 59.7 Å². The monoisotopic (exact) mass is 404 g/mol. The Hall–Kier alpha value is -0.940. The number of nitrogens with one attached hydrogen (secondary N) is 1. The molecule has 0 radical (unpaired) electrons. The minimum atomic E-state index is -0.510. The van der Waals surface area contributed by atoms with E-state index in [-0.39, 0.29) is 11.6 Å². The van der Waals surface area contributed by atoms with E-state index in [0.717, 1.165) is 10.2 Å². The Labute approximate surface area is 152 Å². The van der Waals surface area contributed by atoms with E-state index in [0.29, 0.717) is 18.1 Å². The van der Waals surface area contributed by atoms with Gasteiger partial charge in [0.2, 0.25) is 0 Å². The summed E-state index contributed by atoms with van der Waals surface area (Å²) in [6.07, 6.45) is -0.308. The van der Waals surface area contributed by atoms with Crippen LogP contribution < -0.4 is 5.32 Å². The lowest BCUT2D eigenvalue weighted by molar-refractivity contribution is 0.00749. The second-order valence-electron chi connectivity index (χ2n) is 7.33. The van der Waals surface area contributed by atoms with Crippen LogP contribution in [0.2, 0.25) is 5.02 Å². The summed E-state index contributed by atoms with van der Waals surface area (Å²) in [7, 11) is 0. The van der Waals surface area contributed by atoms with Crippen molar-refractivity contribution in [3.63, 3.8) is 0 Å². The summed E-state index contributed by atoms with van der Waals surface area (Å²) in [6, 6.07) is 5.63. The number of carbonyl (C=O) groups is 1. The Kier molecular flexibility index (Phi) is 6.78. The van der Waals surface area contributed by atoms with Gasteiger partial charge in [-0.1, -0.05) is 17.7 Å². The van der Waals surface area contributed by atoms with Crippen LogP contribution in [-0.4, -0.2) is 35.2 Å². The number of carbonyl (C=O) groups excluding carboxylic acids is 1. The smallest absolute Gasteiger partial charge is 0.410 e. The second-order valence-corrected chi connectivity index (χ2v) is 8.53. The highest BCUT2D eigenvalue weighted by Crippen LogP contribution is 2.30. The Morgan fingerprint density at radius 1 is 1.26 bits per heavy atom. The molecule has 4 nitrogen and oxygen atoms in total. The third-order valence-corrected chi connectivity index (χ3v) is 4.42. The van der Waals surface area contributed by atoms with Crippen LogP contribution in [0.5, 0.6) is 0 Å². The molecule has 0 bridgehead atoms. The number of amides is 1. The summed E-state index contributed by atoms with van der Waals surface area (Å²) in [5.41, 5.74) is 0.0649. The highest BCUT2D eigenvalue weighted by molar-refractivity contribution is 9.10. The van der Waals surface area contributed by atoms with Crippen molar-refractivity contribution < 1.29 is 9.53 Å². The molecule has 1 aromatic rings. The number of benzene rings is 1. The van der Waals surface area contributed by atoms with E-state index in [4.69, 9.17) is 16.3 Å². The van der Waals surface area contributed by atoms with Crippen LogP contribution in [0.3, 0.4) is 0 Å². The zero-order valence-corrected chi connectivity index (χ0v) is 17.0. The van der Waals surface area contributed by atoms with Gasteiger partial charge < -0.3 is 15.0 Å². The number of ether oxygens (including phenoxy) is 1. The average molecular weight is 406 g/mol. The van der Waals surface area contributed by atoms with Crippen molar-refractivity contribution in [2.24, 2.45) is 0 Å². The van der Waals surface area contributed by atoms with E-state index in [1.165, 1.54) is 0 Å². The Bertz CT molecular complexity index is 551. The molecule has 1 rings (SSSR count). The normalized spacial score (nSPS) is 12.0. The molecule has 0 aliphatic carbocycles. The molecule has 1 amide bonds. The summed E-state index contributed by atoms with van der Waals surface area (Å²) in [5, 5.41) is 3.94. The first-order chi connectivity index (χ1) is 10.4. The molecule has 0 saturated carbocycles. The summed E-state index contributed by atoms with van der Waals surface area (Å²) >= 11 is 9.54. The maximum atomic E-state index is 12.4. The number of hydrogen-bond acceptors (Lipinski definition) is 3. The number of anilines is 1. The molecule has 23 heavy (non-hydrogen) atoms. The maximum Gasteiger partial charge on any atom is 0.410 e. The fraction of sp³-hybridized carbons (Fsp3) is 0.588. The molecule has 6 heteroatoms. The minimum Gasteiger partial charge on any atom is -0.444 e. The van der Waals surface area contributed by atoms with E-state index in [2.05, 4.69) is 21.2 Å². The lowest BCUT2D eigenvalue weighted by Crippen LogP contribution is -2.49. The number of rotatable bonds is 4. The van der Waals surface area contributed by atoms with Gasteiger partial charge in [0, 0.05) is 18.6 Å². The lowest BCUT2D eigenvalue weighted by atomic mass is 10.1. The highest BCUT2D eigenvalue weighted by Gasteiger charge is 2.30. The van der Waals surface area contributed by atoms with Crippen molar-refractivity contribution in [1.82, 2.24) is 4.90 Å². The molecular formula is C17H26BrClN2O2. The van der Waals surface area contributed by atoms with Gasteiger partial charge >= 0.3 is 6.09 Å². The topological polar surface area (TPSA) is 41.6 Å². The van der Waals surface area contributed by atoms with Crippen LogP contribution in [-0.2, 0) is 4.74 Å². The Morgan fingerprint density at radius 2 is 1.87 bits per heavy atom. The van der Waals surface area contributed by atoms with Crippen molar-refractivity contribution in [1.29, 1.82) is 0 Å². The Balaban J connectivity index is 2.72. The molecule has 0 aliphatic rings. The molecule has 0 heterocycles. The van der Waals surface area contributed by atoms with Crippen LogP contribution in [0.15, 0.2) is 22.7 Å². The first-order valence-corrected chi connectivity index (χ1v) is 8.77. The van der Waals surface area contributed by atoms with Crippen molar-refractivity contribution in [2.45, 2.75) is 52.7 Å². The minimum absolute atomic E-state index is 0.308. The molecule has 0 saturated heterocycles. The van der Waals surface area contributed by atoms with Crippen molar-refractivity contribution in [3.8, 4) is 0 Å². The van der Waals surface area contributed by atoms with Gasteiger partial charge in [-0.2, -0.15) is 0 Å². The number of hydrogen-bond donors (Lipinski definition) is 1. The molecule has 0 atom stereocenters. The summed E-state index contributed by atoms with van der Waals surface area (Å²) in [4.78, 5) is 14.1. The lowest BCUT2D eigenvalue weighted by Gasteiger charge is -2.37. The third kappa shape index (κ3) is 6.60. The zero-order valence-electron chi connectivity index (χ0n) is 14.7. The van der Waals surface area contributed by atoms with E-state index < -0.39 is 5.60 Å². The van der Waals surface area contributed by atoms with Gasteiger partial charge in [0.25, 0.3) is 0 Å². The second kappa shape index (κ2) is 7.75. The molecule has 0 aromatic heterocycles.